The molecule has 0 saturated carbocycles. The van der Waals surface area contributed by atoms with E-state index in [2.05, 4.69) is 15.6 Å². The molecule has 0 amide bonds. The van der Waals surface area contributed by atoms with Gasteiger partial charge in [0.05, 0.1) is 18.5 Å². The Kier molecular flexibility index (Phi) is 4.53. The number of methoxy groups -OCH3 is 1. The van der Waals surface area contributed by atoms with Crippen LogP contribution in [-0.4, -0.2) is 35.3 Å². The van der Waals surface area contributed by atoms with E-state index < -0.39 is 11.6 Å². The average Bonchev–Trinajstić information content (AvgIpc) is 2.86. The lowest BCUT2D eigenvalue weighted by Gasteiger charge is -2.02. The fourth-order valence-electron chi connectivity index (χ4n) is 1.55. The molecule has 0 spiro atoms. The number of aromatic nitrogens is 3. The van der Waals surface area contributed by atoms with Gasteiger partial charge in [0.25, 0.3) is 0 Å². The molecule has 0 aliphatic carbocycles. The number of halogens is 2. The number of rotatable bonds is 6. The molecule has 19 heavy (non-hydrogen) atoms. The first-order valence-electron chi connectivity index (χ1n) is 5.77. The van der Waals surface area contributed by atoms with Gasteiger partial charge in [-0.1, -0.05) is 5.21 Å². The first-order valence-corrected chi connectivity index (χ1v) is 5.77. The Morgan fingerprint density at radius 3 is 3.00 bits per heavy atom. The summed E-state index contributed by atoms with van der Waals surface area (Å²) in [4.78, 5) is 0. The minimum atomic E-state index is -0.551. The summed E-state index contributed by atoms with van der Waals surface area (Å²) < 4.78 is 32.7. The number of benzene rings is 1. The van der Waals surface area contributed by atoms with Crippen LogP contribution >= 0.6 is 0 Å². The lowest BCUT2D eigenvalue weighted by atomic mass is 10.3. The molecule has 0 unspecified atom stereocenters. The van der Waals surface area contributed by atoms with Gasteiger partial charge in [0.2, 0.25) is 0 Å². The van der Waals surface area contributed by atoms with Crippen molar-refractivity contribution in [1.29, 1.82) is 0 Å². The summed E-state index contributed by atoms with van der Waals surface area (Å²) in [6.07, 6.45) is 1.55. The molecule has 5 nitrogen and oxygen atoms in total. The van der Waals surface area contributed by atoms with Gasteiger partial charge in [-0.3, -0.25) is 0 Å². The van der Waals surface area contributed by atoms with Gasteiger partial charge in [0.1, 0.15) is 17.3 Å². The predicted octanol–water partition coefficient (Wildman–Crippen LogP) is 1.28. The maximum Gasteiger partial charge on any atom is 0.149 e. The Morgan fingerprint density at radius 2 is 2.21 bits per heavy atom. The summed E-state index contributed by atoms with van der Waals surface area (Å²) >= 11 is 0. The molecule has 0 aliphatic rings. The van der Waals surface area contributed by atoms with Crippen molar-refractivity contribution >= 4 is 0 Å². The van der Waals surface area contributed by atoms with Gasteiger partial charge < -0.3 is 10.1 Å². The van der Waals surface area contributed by atoms with Gasteiger partial charge in [0, 0.05) is 26.3 Å². The molecule has 102 valence electrons. The Balaban J connectivity index is 2.06. The zero-order chi connectivity index (χ0) is 13.7. The minimum absolute atomic E-state index is 0.0376. The first-order chi connectivity index (χ1) is 9.20. The van der Waals surface area contributed by atoms with Crippen LogP contribution < -0.4 is 5.32 Å². The van der Waals surface area contributed by atoms with E-state index in [9.17, 15) is 8.78 Å². The minimum Gasteiger partial charge on any atom is -0.383 e. The third kappa shape index (κ3) is 3.55. The van der Waals surface area contributed by atoms with E-state index in [1.54, 1.807) is 13.3 Å². The van der Waals surface area contributed by atoms with Crippen molar-refractivity contribution in [3.8, 4) is 5.69 Å². The van der Waals surface area contributed by atoms with Crippen molar-refractivity contribution in [2.45, 2.75) is 6.54 Å². The molecule has 1 aromatic carbocycles. The molecule has 2 rings (SSSR count). The van der Waals surface area contributed by atoms with Crippen molar-refractivity contribution in [2.24, 2.45) is 0 Å². The van der Waals surface area contributed by atoms with Crippen molar-refractivity contribution in [3.63, 3.8) is 0 Å². The predicted molar refractivity (Wildman–Crippen MR) is 64.9 cm³/mol. The lowest BCUT2D eigenvalue weighted by Crippen LogP contribution is -2.18. The van der Waals surface area contributed by atoms with Crippen LogP contribution in [0, 0.1) is 11.6 Å². The number of nitrogens with zero attached hydrogens (tertiary/aromatic N) is 3. The van der Waals surface area contributed by atoms with Gasteiger partial charge in [-0.15, -0.1) is 5.10 Å². The van der Waals surface area contributed by atoms with Gasteiger partial charge in [0.15, 0.2) is 0 Å². The molecular weight excluding hydrogens is 254 g/mol. The average molecular weight is 268 g/mol. The van der Waals surface area contributed by atoms with E-state index in [1.807, 2.05) is 0 Å². The van der Waals surface area contributed by atoms with E-state index in [1.165, 1.54) is 4.68 Å². The van der Waals surface area contributed by atoms with Crippen LogP contribution in [0.4, 0.5) is 8.78 Å². The molecule has 2 aromatic rings. The quantitative estimate of drug-likeness (QED) is 0.802. The zero-order valence-electron chi connectivity index (χ0n) is 10.4. The number of hydrogen-bond donors (Lipinski definition) is 1. The maximum absolute atomic E-state index is 13.5. The summed E-state index contributed by atoms with van der Waals surface area (Å²) in [6, 6.07) is 3.19. The van der Waals surface area contributed by atoms with Crippen LogP contribution in [0.2, 0.25) is 0 Å². The largest absolute Gasteiger partial charge is 0.383 e. The summed E-state index contributed by atoms with van der Waals surface area (Å²) in [5, 5.41) is 10.7. The number of hydrogen-bond acceptors (Lipinski definition) is 4. The summed E-state index contributed by atoms with van der Waals surface area (Å²) in [6.45, 7) is 1.75. The Morgan fingerprint density at radius 1 is 1.37 bits per heavy atom. The van der Waals surface area contributed by atoms with Crippen molar-refractivity contribution in [1.82, 2.24) is 20.3 Å². The zero-order valence-corrected chi connectivity index (χ0v) is 10.4. The highest BCUT2D eigenvalue weighted by Crippen LogP contribution is 2.13. The highest BCUT2D eigenvalue weighted by molar-refractivity contribution is 5.32. The molecule has 0 fully saturated rings. The van der Waals surface area contributed by atoms with Crippen molar-refractivity contribution in [3.05, 3.63) is 41.7 Å². The van der Waals surface area contributed by atoms with Crippen molar-refractivity contribution in [2.75, 3.05) is 20.3 Å². The molecule has 1 N–H and O–H groups in total. The second-order valence-corrected chi connectivity index (χ2v) is 3.92. The highest BCUT2D eigenvalue weighted by atomic mass is 19.1. The molecule has 7 heteroatoms. The summed E-state index contributed by atoms with van der Waals surface area (Å²) in [5.41, 5.74) is 0.676. The SMILES string of the molecule is COCCNCc1cn(-c2cc(F)ccc2F)nn1. The second-order valence-electron chi connectivity index (χ2n) is 3.92. The normalized spacial score (nSPS) is 10.9. The van der Waals surface area contributed by atoms with E-state index in [4.69, 9.17) is 4.74 Å². The smallest absolute Gasteiger partial charge is 0.149 e. The maximum atomic E-state index is 13.5. The van der Waals surface area contributed by atoms with E-state index >= 15 is 0 Å². The van der Waals surface area contributed by atoms with Crippen molar-refractivity contribution < 1.29 is 13.5 Å². The summed E-state index contributed by atoms with van der Waals surface area (Å²) in [7, 11) is 1.62. The number of nitrogens with one attached hydrogen (secondary N) is 1. The van der Waals surface area contributed by atoms with E-state index in [0.29, 0.717) is 25.4 Å². The molecule has 0 radical (unpaired) electrons. The molecule has 0 atom stereocenters. The van der Waals surface area contributed by atoms with E-state index in [0.717, 1.165) is 18.2 Å². The van der Waals surface area contributed by atoms with Gasteiger partial charge in [-0.25, -0.2) is 13.5 Å². The van der Waals surface area contributed by atoms with Crippen LogP contribution in [0.15, 0.2) is 24.4 Å². The fourth-order valence-corrected chi connectivity index (χ4v) is 1.55. The van der Waals surface area contributed by atoms with Gasteiger partial charge in [-0.2, -0.15) is 0 Å². The Bertz CT molecular complexity index is 544. The molecule has 0 saturated heterocycles. The lowest BCUT2D eigenvalue weighted by molar-refractivity contribution is 0.199. The van der Waals surface area contributed by atoms with E-state index in [-0.39, 0.29) is 5.69 Å². The topological polar surface area (TPSA) is 52.0 Å². The molecule has 1 aromatic heterocycles. The second kappa shape index (κ2) is 6.35. The van der Waals surface area contributed by atoms with Crippen LogP contribution in [-0.2, 0) is 11.3 Å². The molecular formula is C12H14F2N4O. The third-order valence-electron chi connectivity index (χ3n) is 2.48. The third-order valence-corrected chi connectivity index (χ3v) is 2.48. The Hall–Kier alpha value is -1.86. The first kappa shape index (κ1) is 13.6. The Labute approximate surface area is 109 Å². The highest BCUT2D eigenvalue weighted by Gasteiger charge is 2.08. The summed E-state index contributed by atoms with van der Waals surface area (Å²) in [5.74, 6) is -1.07. The monoisotopic (exact) mass is 268 g/mol. The van der Waals surface area contributed by atoms with Crippen LogP contribution in [0.1, 0.15) is 5.69 Å². The van der Waals surface area contributed by atoms with Crippen LogP contribution in [0.3, 0.4) is 0 Å². The van der Waals surface area contributed by atoms with Gasteiger partial charge >= 0.3 is 0 Å². The fraction of sp³-hybridized carbons (Fsp3) is 0.333. The molecule has 0 bridgehead atoms. The molecule has 0 aliphatic heterocycles. The molecule has 1 heterocycles. The van der Waals surface area contributed by atoms with Crippen LogP contribution in [0.5, 0.6) is 0 Å². The van der Waals surface area contributed by atoms with Crippen LogP contribution in [0.25, 0.3) is 5.69 Å². The van der Waals surface area contributed by atoms with Gasteiger partial charge in [-0.05, 0) is 12.1 Å². The number of ether oxygens (including phenoxy) is 1. The standard InChI is InChI=1S/C12H14F2N4O/c1-19-5-4-15-7-10-8-18(17-16-10)12-6-9(13)2-3-11(12)14/h2-3,6,8,15H,4-5,7H2,1H3.